The van der Waals surface area contributed by atoms with Crippen LogP contribution < -0.4 is 5.73 Å². The lowest BCUT2D eigenvalue weighted by atomic mass is 10.0. The zero-order valence-corrected chi connectivity index (χ0v) is 16.0. The van der Waals surface area contributed by atoms with Gasteiger partial charge in [0.15, 0.2) is 6.29 Å². The molecule has 4 rings (SSSR count). The minimum Gasteiger partial charge on any atom is -0.398 e. The Morgan fingerprint density at radius 1 is 1.07 bits per heavy atom. The lowest BCUT2D eigenvalue weighted by Crippen LogP contribution is -2.46. The number of nitrogens with two attached hydrogens (primary N) is 1. The lowest BCUT2D eigenvalue weighted by molar-refractivity contribution is 0.0669. The molecule has 0 spiro atoms. The maximum Gasteiger partial charge on any atom is 0.264 e. The molecule has 0 radical (unpaired) electrons. The first-order valence-electron chi connectivity index (χ1n) is 8.92. The second-order valence-corrected chi connectivity index (χ2v) is 7.97. The van der Waals surface area contributed by atoms with E-state index in [1.165, 1.54) is 11.3 Å². The van der Waals surface area contributed by atoms with Crippen LogP contribution in [0.1, 0.15) is 20.0 Å². The summed E-state index contributed by atoms with van der Waals surface area (Å²) in [5.74, 6) is 0.108. The number of hydrogen-bond donors (Lipinski definition) is 1. The van der Waals surface area contributed by atoms with E-state index in [1.54, 1.807) is 6.07 Å². The number of carbonyl (C=O) groups excluding carboxylic acids is 2. The quantitative estimate of drug-likeness (QED) is 0.560. The van der Waals surface area contributed by atoms with Crippen LogP contribution in [-0.2, 0) is 0 Å². The number of rotatable bonds is 3. The number of hydrogen-bond acceptors (Lipinski definition) is 5. The smallest absolute Gasteiger partial charge is 0.264 e. The van der Waals surface area contributed by atoms with Gasteiger partial charge in [0.1, 0.15) is 0 Å². The second-order valence-electron chi connectivity index (χ2n) is 6.88. The number of benzene rings is 2. The van der Waals surface area contributed by atoms with Gasteiger partial charge in [-0.1, -0.05) is 18.2 Å². The van der Waals surface area contributed by atoms with Crippen LogP contribution in [0.25, 0.3) is 21.2 Å². The van der Waals surface area contributed by atoms with Crippen molar-refractivity contribution in [2.24, 2.45) is 0 Å². The lowest BCUT2D eigenvalue weighted by Gasteiger charge is -2.32. The van der Waals surface area contributed by atoms with Crippen molar-refractivity contribution in [2.75, 3.05) is 39.0 Å². The van der Waals surface area contributed by atoms with Gasteiger partial charge in [0.2, 0.25) is 0 Å². The molecule has 138 valence electrons. The molecule has 1 saturated heterocycles. The van der Waals surface area contributed by atoms with Gasteiger partial charge in [-0.2, -0.15) is 0 Å². The molecule has 2 N–H and O–H groups in total. The first-order valence-corrected chi connectivity index (χ1v) is 9.74. The number of likely N-dealkylation sites (N-methyl/N-ethyl adjacent to an activating group) is 1. The molecule has 0 saturated carbocycles. The van der Waals surface area contributed by atoms with Crippen molar-refractivity contribution in [1.29, 1.82) is 0 Å². The minimum absolute atomic E-state index is 0.108. The third kappa shape index (κ3) is 3.34. The summed E-state index contributed by atoms with van der Waals surface area (Å²) in [5.41, 5.74) is 7.93. The number of thiophene rings is 1. The van der Waals surface area contributed by atoms with E-state index in [-0.39, 0.29) is 5.91 Å². The SMILES string of the molecule is CN1CCN(C(=O)c2ccc(-c3ccc4c(C=O)c(N)ccc4c3)s2)CC1. The third-order valence-electron chi connectivity index (χ3n) is 5.10. The van der Waals surface area contributed by atoms with E-state index in [0.29, 0.717) is 11.3 Å². The third-order valence-corrected chi connectivity index (χ3v) is 6.23. The van der Waals surface area contributed by atoms with Crippen molar-refractivity contribution in [2.45, 2.75) is 0 Å². The number of nitrogens with zero attached hydrogens (tertiary/aromatic N) is 2. The van der Waals surface area contributed by atoms with Gasteiger partial charge in [-0.15, -0.1) is 11.3 Å². The van der Waals surface area contributed by atoms with Crippen LogP contribution >= 0.6 is 11.3 Å². The molecule has 3 aromatic rings. The number of carbonyl (C=O) groups is 2. The monoisotopic (exact) mass is 379 g/mol. The molecule has 0 unspecified atom stereocenters. The highest BCUT2D eigenvalue weighted by Crippen LogP contribution is 2.33. The summed E-state index contributed by atoms with van der Waals surface area (Å²) in [6.07, 6.45) is 0.801. The van der Waals surface area contributed by atoms with Crippen molar-refractivity contribution < 1.29 is 9.59 Å². The van der Waals surface area contributed by atoms with E-state index in [4.69, 9.17) is 5.73 Å². The molecule has 1 aliphatic heterocycles. The van der Waals surface area contributed by atoms with Crippen LogP contribution in [0, 0.1) is 0 Å². The zero-order valence-electron chi connectivity index (χ0n) is 15.1. The minimum atomic E-state index is 0.108. The van der Waals surface area contributed by atoms with Gasteiger partial charge >= 0.3 is 0 Å². The number of amides is 1. The average Bonchev–Trinajstić information content (AvgIpc) is 3.18. The van der Waals surface area contributed by atoms with Gasteiger partial charge < -0.3 is 15.5 Å². The maximum atomic E-state index is 12.7. The molecular formula is C21H21N3O2S. The largest absolute Gasteiger partial charge is 0.398 e. The van der Waals surface area contributed by atoms with Gasteiger partial charge in [0.05, 0.1) is 4.88 Å². The van der Waals surface area contributed by atoms with Gasteiger partial charge in [0, 0.05) is 42.3 Å². The fourth-order valence-electron chi connectivity index (χ4n) is 3.43. The van der Waals surface area contributed by atoms with E-state index in [2.05, 4.69) is 11.9 Å². The Hall–Kier alpha value is -2.70. The van der Waals surface area contributed by atoms with Gasteiger partial charge in [-0.3, -0.25) is 9.59 Å². The Bertz CT molecular complexity index is 1020. The molecule has 1 aliphatic rings. The molecule has 0 bridgehead atoms. The van der Waals surface area contributed by atoms with Crippen LogP contribution in [0.3, 0.4) is 0 Å². The standard InChI is InChI=1S/C21H21N3O2S/c1-23-8-10-24(11-9-23)21(26)20-7-6-19(27-20)15-2-4-16-14(12-15)3-5-18(22)17(16)13-25/h2-7,12-13H,8-11,22H2,1H3. The number of anilines is 1. The number of aldehydes is 1. The summed E-state index contributed by atoms with van der Waals surface area (Å²) < 4.78 is 0. The fraction of sp³-hybridized carbons (Fsp3) is 0.238. The Balaban J connectivity index is 1.62. The number of piperazine rings is 1. The van der Waals surface area contributed by atoms with E-state index in [1.807, 2.05) is 41.3 Å². The topological polar surface area (TPSA) is 66.6 Å². The fourth-order valence-corrected chi connectivity index (χ4v) is 4.40. The molecule has 5 nitrogen and oxygen atoms in total. The number of nitrogen functional groups attached to an aromatic ring is 1. The predicted octanol–water partition coefficient (Wildman–Crippen LogP) is 3.35. The normalized spacial score (nSPS) is 15.2. The van der Waals surface area contributed by atoms with Crippen molar-refractivity contribution in [3.63, 3.8) is 0 Å². The average molecular weight is 379 g/mol. The van der Waals surface area contributed by atoms with Crippen molar-refractivity contribution in [3.8, 4) is 10.4 Å². The van der Waals surface area contributed by atoms with Crippen molar-refractivity contribution in [1.82, 2.24) is 9.80 Å². The van der Waals surface area contributed by atoms with Crippen molar-refractivity contribution >= 4 is 40.0 Å². The van der Waals surface area contributed by atoms with E-state index in [9.17, 15) is 9.59 Å². The highest BCUT2D eigenvalue weighted by Gasteiger charge is 2.21. The van der Waals surface area contributed by atoms with Crippen LogP contribution in [0.5, 0.6) is 0 Å². The molecule has 2 aromatic carbocycles. The van der Waals surface area contributed by atoms with E-state index in [0.717, 1.165) is 58.6 Å². The molecule has 27 heavy (non-hydrogen) atoms. The summed E-state index contributed by atoms with van der Waals surface area (Å²) in [6, 6.07) is 13.5. The van der Waals surface area contributed by atoms with Crippen LogP contribution in [-0.4, -0.2) is 55.2 Å². The molecule has 1 amide bonds. The molecule has 1 fully saturated rings. The van der Waals surface area contributed by atoms with Gasteiger partial charge in [-0.05, 0) is 47.6 Å². The zero-order chi connectivity index (χ0) is 19.0. The van der Waals surface area contributed by atoms with Crippen LogP contribution in [0.4, 0.5) is 5.69 Å². The van der Waals surface area contributed by atoms with E-state index < -0.39 is 0 Å². The van der Waals surface area contributed by atoms with Crippen molar-refractivity contribution in [3.05, 3.63) is 52.9 Å². The highest BCUT2D eigenvalue weighted by molar-refractivity contribution is 7.17. The molecule has 1 aromatic heterocycles. The van der Waals surface area contributed by atoms with E-state index >= 15 is 0 Å². The Kier molecular flexibility index (Phi) is 4.68. The van der Waals surface area contributed by atoms with Crippen LogP contribution in [0.2, 0.25) is 0 Å². The molecule has 6 heteroatoms. The van der Waals surface area contributed by atoms with Gasteiger partial charge in [0.25, 0.3) is 5.91 Å². The highest BCUT2D eigenvalue weighted by atomic mass is 32.1. The summed E-state index contributed by atoms with van der Waals surface area (Å²) >= 11 is 1.51. The van der Waals surface area contributed by atoms with Crippen LogP contribution in [0.15, 0.2) is 42.5 Å². The molecule has 0 aliphatic carbocycles. The summed E-state index contributed by atoms with van der Waals surface area (Å²) in [6.45, 7) is 3.37. The maximum absolute atomic E-state index is 12.7. The van der Waals surface area contributed by atoms with Gasteiger partial charge in [-0.25, -0.2) is 0 Å². The summed E-state index contributed by atoms with van der Waals surface area (Å²) in [7, 11) is 2.08. The molecular weight excluding hydrogens is 358 g/mol. The first-order chi connectivity index (χ1) is 13.1. The summed E-state index contributed by atoms with van der Waals surface area (Å²) in [5, 5.41) is 1.81. The first kappa shape index (κ1) is 17.7. The molecule has 2 heterocycles. The summed E-state index contributed by atoms with van der Waals surface area (Å²) in [4.78, 5) is 30.0. The Morgan fingerprint density at radius 3 is 2.59 bits per heavy atom. The Morgan fingerprint density at radius 2 is 1.85 bits per heavy atom. The predicted molar refractivity (Wildman–Crippen MR) is 110 cm³/mol. The Labute approximate surface area is 162 Å². The second kappa shape index (κ2) is 7.13. The number of fused-ring (bicyclic) bond motifs is 1. The molecule has 0 atom stereocenters.